The molecule has 19 heavy (non-hydrogen) atoms. The molecule has 1 heterocycles. The molecule has 0 atom stereocenters. The molecule has 0 bridgehead atoms. The van der Waals surface area contributed by atoms with Crippen LogP contribution in [0.2, 0.25) is 0 Å². The van der Waals surface area contributed by atoms with E-state index < -0.39 is 0 Å². The first kappa shape index (κ1) is 13.6. The number of methoxy groups -OCH3 is 1. The number of rotatable bonds is 6. The highest BCUT2D eigenvalue weighted by Gasteiger charge is 1.97. The van der Waals surface area contributed by atoms with Crippen LogP contribution < -0.4 is 10.1 Å². The van der Waals surface area contributed by atoms with Gasteiger partial charge in [-0.3, -0.25) is 4.98 Å². The van der Waals surface area contributed by atoms with Gasteiger partial charge < -0.3 is 10.1 Å². The van der Waals surface area contributed by atoms with Gasteiger partial charge in [-0.2, -0.15) is 0 Å². The van der Waals surface area contributed by atoms with Crippen LogP contribution in [0.4, 0.5) is 0 Å². The Morgan fingerprint density at radius 2 is 2.11 bits per heavy atom. The molecule has 0 aliphatic heterocycles. The van der Waals surface area contributed by atoms with E-state index in [1.165, 1.54) is 11.1 Å². The maximum atomic E-state index is 5.21. The Labute approximate surface area is 114 Å². The lowest BCUT2D eigenvalue weighted by molar-refractivity contribution is 0.414. The average Bonchev–Trinajstić information content (AvgIpc) is 2.46. The molecule has 2 rings (SSSR count). The molecular weight excluding hydrogens is 236 g/mol. The van der Waals surface area contributed by atoms with Crippen LogP contribution in [-0.4, -0.2) is 18.6 Å². The van der Waals surface area contributed by atoms with Crippen molar-refractivity contribution < 1.29 is 4.74 Å². The van der Waals surface area contributed by atoms with Crippen molar-refractivity contribution in [3.63, 3.8) is 0 Å². The molecule has 0 aliphatic carbocycles. The van der Waals surface area contributed by atoms with Crippen molar-refractivity contribution >= 4 is 0 Å². The van der Waals surface area contributed by atoms with Gasteiger partial charge in [0.05, 0.1) is 12.8 Å². The summed E-state index contributed by atoms with van der Waals surface area (Å²) in [6.07, 6.45) is 2.89. The molecule has 1 aromatic heterocycles. The van der Waals surface area contributed by atoms with E-state index in [-0.39, 0.29) is 0 Å². The van der Waals surface area contributed by atoms with Gasteiger partial charge in [-0.15, -0.1) is 0 Å². The van der Waals surface area contributed by atoms with E-state index in [2.05, 4.69) is 34.6 Å². The minimum Gasteiger partial charge on any atom is -0.497 e. The Morgan fingerprint density at radius 3 is 2.84 bits per heavy atom. The van der Waals surface area contributed by atoms with E-state index in [1.54, 1.807) is 7.11 Å². The Balaban J connectivity index is 1.75. The summed E-state index contributed by atoms with van der Waals surface area (Å²) in [5.74, 6) is 0.915. The minimum absolute atomic E-state index is 0.810. The van der Waals surface area contributed by atoms with Crippen LogP contribution in [0.25, 0.3) is 0 Å². The first-order valence-electron chi connectivity index (χ1n) is 6.53. The third kappa shape index (κ3) is 4.38. The van der Waals surface area contributed by atoms with Gasteiger partial charge in [0, 0.05) is 12.7 Å². The number of nitrogens with one attached hydrogen (secondary N) is 1. The van der Waals surface area contributed by atoms with Gasteiger partial charge in [0.15, 0.2) is 0 Å². The highest BCUT2D eigenvalue weighted by atomic mass is 16.5. The van der Waals surface area contributed by atoms with Crippen molar-refractivity contribution in [2.24, 2.45) is 0 Å². The van der Waals surface area contributed by atoms with Gasteiger partial charge in [0.25, 0.3) is 0 Å². The SMILES string of the molecule is COc1cccc(CCNCc2ccc(C)cn2)c1. The van der Waals surface area contributed by atoms with Crippen LogP contribution in [0.1, 0.15) is 16.8 Å². The van der Waals surface area contributed by atoms with Gasteiger partial charge in [0.1, 0.15) is 5.75 Å². The topological polar surface area (TPSA) is 34.1 Å². The summed E-state index contributed by atoms with van der Waals surface area (Å²) in [4.78, 5) is 4.37. The van der Waals surface area contributed by atoms with Gasteiger partial charge in [-0.1, -0.05) is 18.2 Å². The van der Waals surface area contributed by atoms with E-state index in [0.717, 1.165) is 31.0 Å². The maximum Gasteiger partial charge on any atom is 0.119 e. The first-order chi connectivity index (χ1) is 9.28. The van der Waals surface area contributed by atoms with Crippen LogP contribution in [-0.2, 0) is 13.0 Å². The third-order valence-corrected chi connectivity index (χ3v) is 3.00. The lowest BCUT2D eigenvalue weighted by Gasteiger charge is -2.06. The highest BCUT2D eigenvalue weighted by Crippen LogP contribution is 2.12. The lowest BCUT2D eigenvalue weighted by Crippen LogP contribution is -2.17. The van der Waals surface area contributed by atoms with E-state index in [1.807, 2.05) is 25.3 Å². The zero-order valence-electron chi connectivity index (χ0n) is 11.5. The molecule has 0 amide bonds. The molecule has 0 saturated carbocycles. The van der Waals surface area contributed by atoms with E-state index in [4.69, 9.17) is 4.74 Å². The van der Waals surface area contributed by atoms with Gasteiger partial charge in [0.2, 0.25) is 0 Å². The van der Waals surface area contributed by atoms with Crippen LogP contribution in [0.5, 0.6) is 5.75 Å². The van der Waals surface area contributed by atoms with E-state index in [9.17, 15) is 0 Å². The van der Waals surface area contributed by atoms with Crippen LogP contribution in [0, 0.1) is 6.92 Å². The van der Waals surface area contributed by atoms with Crippen molar-refractivity contribution in [3.05, 3.63) is 59.4 Å². The Bertz CT molecular complexity index is 508. The fourth-order valence-electron chi connectivity index (χ4n) is 1.88. The molecule has 3 nitrogen and oxygen atoms in total. The summed E-state index contributed by atoms with van der Waals surface area (Å²) in [5, 5.41) is 3.40. The number of aryl methyl sites for hydroxylation is 1. The Kier molecular flexibility index (Phi) is 4.93. The Hall–Kier alpha value is -1.87. The molecule has 0 saturated heterocycles. The van der Waals surface area contributed by atoms with Crippen molar-refractivity contribution in [3.8, 4) is 5.75 Å². The zero-order chi connectivity index (χ0) is 13.5. The predicted molar refractivity (Wildman–Crippen MR) is 77.4 cm³/mol. The summed E-state index contributed by atoms with van der Waals surface area (Å²) in [6, 6.07) is 12.3. The molecular formula is C16H20N2O. The largest absolute Gasteiger partial charge is 0.497 e. The van der Waals surface area contributed by atoms with Crippen LogP contribution >= 0.6 is 0 Å². The summed E-state index contributed by atoms with van der Waals surface area (Å²) in [7, 11) is 1.69. The number of hydrogen-bond donors (Lipinski definition) is 1. The summed E-state index contributed by atoms with van der Waals surface area (Å²) >= 11 is 0. The van der Waals surface area contributed by atoms with Crippen molar-refractivity contribution in [1.29, 1.82) is 0 Å². The van der Waals surface area contributed by atoms with Gasteiger partial charge in [-0.25, -0.2) is 0 Å². The van der Waals surface area contributed by atoms with Gasteiger partial charge in [-0.05, 0) is 49.2 Å². The second kappa shape index (κ2) is 6.90. The first-order valence-corrected chi connectivity index (χ1v) is 6.53. The number of aromatic nitrogens is 1. The van der Waals surface area contributed by atoms with E-state index >= 15 is 0 Å². The van der Waals surface area contributed by atoms with Crippen LogP contribution in [0.3, 0.4) is 0 Å². The fourth-order valence-corrected chi connectivity index (χ4v) is 1.88. The number of benzene rings is 1. The Morgan fingerprint density at radius 1 is 1.21 bits per heavy atom. The number of ether oxygens (including phenoxy) is 1. The summed E-state index contributed by atoms with van der Waals surface area (Å²) < 4.78 is 5.21. The molecule has 1 N–H and O–H groups in total. The molecule has 0 aliphatic rings. The van der Waals surface area contributed by atoms with Gasteiger partial charge >= 0.3 is 0 Å². The minimum atomic E-state index is 0.810. The third-order valence-electron chi connectivity index (χ3n) is 3.00. The molecule has 0 unspecified atom stereocenters. The number of nitrogens with zero attached hydrogens (tertiary/aromatic N) is 1. The molecule has 0 fully saturated rings. The fraction of sp³-hybridized carbons (Fsp3) is 0.312. The molecule has 100 valence electrons. The quantitative estimate of drug-likeness (QED) is 0.807. The molecule has 3 heteroatoms. The smallest absolute Gasteiger partial charge is 0.119 e. The summed E-state index contributed by atoms with van der Waals surface area (Å²) in [6.45, 7) is 3.79. The molecule has 0 spiro atoms. The lowest BCUT2D eigenvalue weighted by atomic mass is 10.1. The monoisotopic (exact) mass is 256 g/mol. The van der Waals surface area contributed by atoms with Crippen molar-refractivity contribution in [2.75, 3.05) is 13.7 Å². The molecule has 1 aromatic carbocycles. The standard InChI is InChI=1S/C16H20N2O/c1-13-6-7-15(18-11-13)12-17-9-8-14-4-3-5-16(10-14)19-2/h3-7,10-11,17H,8-9,12H2,1-2H3. The maximum absolute atomic E-state index is 5.21. The van der Waals surface area contributed by atoms with Crippen molar-refractivity contribution in [2.45, 2.75) is 19.9 Å². The molecule has 2 aromatic rings. The van der Waals surface area contributed by atoms with Crippen LogP contribution in [0.15, 0.2) is 42.6 Å². The normalized spacial score (nSPS) is 10.4. The second-order valence-corrected chi connectivity index (χ2v) is 4.61. The zero-order valence-corrected chi connectivity index (χ0v) is 11.5. The van der Waals surface area contributed by atoms with Crippen molar-refractivity contribution in [1.82, 2.24) is 10.3 Å². The summed E-state index contributed by atoms with van der Waals surface area (Å²) in [5.41, 5.74) is 3.56. The van der Waals surface area contributed by atoms with E-state index in [0.29, 0.717) is 0 Å². The number of pyridine rings is 1. The molecule has 0 radical (unpaired) electrons. The predicted octanol–water partition coefficient (Wildman–Crippen LogP) is 2.73. The number of hydrogen-bond acceptors (Lipinski definition) is 3. The second-order valence-electron chi connectivity index (χ2n) is 4.61. The average molecular weight is 256 g/mol. The highest BCUT2D eigenvalue weighted by molar-refractivity contribution is 5.28.